The molecule has 2 heteroatoms. The predicted octanol–water partition coefficient (Wildman–Crippen LogP) is 2.66. The first-order chi connectivity index (χ1) is 7.13. The van der Waals surface area contributed by atoms with E-state index >= 15 is 0 Å². The molecule has 0 aliphatic carbocycles. The Kier molecular flexibility index (Phi) is 5.62. The number of rotatable bonds is 5. The minimum absolute atomic E-state index is 0.159. The number of likely N-dealkylation sites (tertiary alicyclic amines) is 1. The van der Waals surface area contributed by atoms with Crippen LogP contribution in [0.15, 0.2) is 0 Å². The number of nitrogens with zero attached hydrogens (tertiary/aromatic N) is 1. The van der Waals surface area contributed by atoms with Gasteiger partial charge in [0.2, 0.25) is 0 Å². The van der Waals surface area contributed by atoms with Crippen LogP contribution in [-0.4, -0.2) is 35.2 Å². The summed E-state index contributed by atoms with van der Waals surface area (Å²) in [7, 11) is 0. The summed E-state index contributed by atoms with van der Waals surface area (Å²) in [5.74, 6) is 0.963. The molecule has 1 aliphatic heterocycles. The zero-order valence-electron chi connectivity index (χ0n) is 10.6. The van der Waals surface area contributed by atoms with Gasteiger partial charge in [0, 0.05) is 6.04 Å². The predicted molar refractivity (Wildman–Crippen MR) is 65.0 cm³/mol. The molecule has 1 saturated heterocycles. The fourth-order valence-electron chi connectivity index (χ4n) is 2.73. The van der Waals surface area contributed by atoms with Crippen LogP contribution in [0, 0.1) is 5.92 Å². The van der Waals surface area contributed by atoms with Crippen LogP contribution in [0.25, 0.3) is 0 Å². The van der Waals surface area contributed by atoms with Gasteiger partial charge < -0.3 is 10.0 Å². The zero-order valence-corrected chi connectivity index (χ0v) is 10.6. The molecule has 0 saturated carbocycles. The third kappa shape index (κ3) is 4.52. The lowest BCUT2D eigenvalue weighted by atomic mass is 9.91. The van der Waals surface area contributed by atoms with Crippen LogP contribution < -0.4 is 0 Å². The summed E-state index contributed by atoms with van der Waals surface area (Å²) in [5, 5.41) is 9.36. The smallest absolute Gasteiger partial charge is 0.0526 e. The fraction of sp³-hybridized carbons (Fsp3) is 1.00. The van der Waals surface area contributed by atoms with Crippen molar-refractivity contribution in [2.24, 2.45) is 5.92 Å². The highest BCUT2D eigenvalue weighted by molar-refractivity contribution is 4.77. The summed E-state index contributed by atoms with van der Waals surface area (Å²) in [6.45, 7) is 8.88. The minimum Gasteiger partial charge on any atom is -0.393 e. The molecule has 2 unspecified atom stereocenters. The molecule has 0 aromatic heterocycles. The van der Waals surface area contributed by atoms with Gasteiger partial charge in [0.15, 0.2) is 0 Å². The van der Waals surface area contributed by atoms with Crippen molar-refractivity contribution in [3.05, 3.63) is 0 Å². The second kappa shape index (κ2) is 6.49. The summed E-state index contributed by atoms with van der Waals surface area (Å²) in [4.78, 5) is 2.54. The van der Waals surface area contributed by atoms with Crippen molar-refractivity contribution in [3.8, 4) is 0 Å². The first-order valence-corrected chi connectivity index (χ1v) is 6.55. The summed E-state index contributed by atoms with van der Waals surface area (Å²) in [6.07, 6.45) is 6.20. The minimum atomic E-state index is -0.159. The van der Waals surface area contributed by atoms with Gasteiger partial charge in [-0.05, 0) is 52.1 Å². The van der Waals surface area contributed by atoms with E-state index in [0.717, 1.165) is 12.3 Å². The maximum absolute atomic E-state index is 9.36. The molecule has 90 valence electrons. The molecule has 0 aromatic rings. The summed E-state index contributed by atoms with van der Waals surface area (Å²) >= 11 is 0. The first-order valence-electron chi connectivity index (χ1n) is 6.55. The number of aliphatic hydroxyl groups is 1. The van der Waals surface area contributed by atoms with Crippen molar-refractivity contribution >= 4 is 0 Å². The van der Waals surface area contributed by atoms with E-state index in [2.05, 4.69) is 18.7 Å². The molecule has 0 radical (unpaired) electrons. The highest BCUT2D eigenvalue weighted by Crippen LogP contribution is 2.23. The van der Waals surface area contributed by atoms with Crippen LogP contribution in [0.4, 0.5) is 0 Å². The van der Waals surface area contributed by atoms with E-state index in [1.165, 1.54) is 38.8 Å². The van der Waals surface area contributed by atoms with Crippen LogP contribution in [0.5, 0.6) is 0 Å². The molecule has 1 fully saturated rings. The number of hydrogen-bond donors (Lipinski definition) is 1. The zero-order chi connectivity index (χ0) is 11.3. The average Bonchev–Trinajstić information content (AvgIpc) is 2.18. The van der Waals surface area contributed by atoms with Gasteiger partial charge in [-0.3, -0.25) is 0 Å². The maximum Gasteiger partial charge on any atom is 0.0526 e. The maximum atomic E-state index is 9.36. The quantitative estimate of drug-likeness (QED) is 0.759. The van der Waals surface area contributed by atoms with E-state index in [4.69, 9.17) is 0 Å². The number of hydrogen-bond acceptors (Lipinski definition) is 2. The van der Waals surface area contributed by atoms with Crippen LogP contribution in [0.2, 0.25) is 0 Å². The molecular formula is C13H27NO. The molecule has 1 aliphatic rings. The van der Waals surface area contributed by atoms with Crippen LogP contribution in [0.1, 0.15) is 52.9 Å². The van der Waals surface area contributed by atoms with E-state index in [1.54, 1.807) is 0 Å². The lowest BCUT2D eigenvalue weighted by Gasteiger charge is -2.36. The highest BCUT2D eigenvalue weighted by Gasteiger charge is 2.22. The Balaban J connectivity index is 2.24. The molecule has 0 spiro atoms. The van der Waals surface area contributed by atoms with Gasteiger partial charge in [0.1, 0.15) is 0 Å². The number of piperidine rings is 1. The van der Waals surface area contributed by atoms with Crippen molar-refractivity contribution in [2.75, 3.05) is 13.1 Å². The summed E-state index contributed by atoms with van der Waals surface area (Å²) in [5.41, 5.74) is 0. The van der Waals surface area contributed by atoms with E-state index < -0.39 is 0 Å². The number of aliphatic hydroxyl groups excluding tert-OH is 1. The van der Waals surface area contributed by atoms with Crippen molar-refractivity contribution < 1.29 is 5.11 Å². The Bertz CT molecular complexity index is 162. The topological polar surface area (TPSA) is 23.5 Å². The second-order valence-corrected chi connectivity index (χ2v) is 5.20. The molecule has 1 heterocycles. The van der Waals surface area contributed by atoms with Crippen molar-refractivity contribution in [3.63, 3.8) is 0 Å². The van der Waals surface area contributed by atoms with Crippen molar-refractivity contribution in [1.82, 2.24) is 4.90 Å². The molecule has 0 amide bonds. The van der Waals surface area contributed by atoms with Crippen molar-refractivity contribution in [2.45, 2.75) is 65.0 Å². The van der Waals surface area contributed by atoms with E-state index in [1.807, 2.05) is 6.92 Å². The molecular weight excluding hydrogens is 186 g/mol. The molecule has 1 rings (SSSR count). The van der Waals surface area contributed by atoms with E-state index in [0.29, 0.717) is 6.04 Å². The first kappa shape index (κ1) is 13.0. The third-order valence-corrected chi connectivity index (χ3v) is 3.65. The molecule has 2 atom stereocenters. The van der Waals surface area contributed by atoms with E-state index in [9.17, 15) is 5.11 Å². The molecule has 15 heavy (non-hydrogen) atoms. The van der Waals surface area contributed by atoms with Gasteiger partial charge in [-0.25, -0.2) is 0 Å². The Labute approximate surface area is 94.7 Å². The third-order valence-electron chi connectivity index (χ3n) is 3.65. The van der Waals surface area contributed by atoms with Crippen LogP contribution in [-0.2, 0) is 0 Å². The van der Waals surface area contributed by atoms with Gasteiger partial charge in [-0.1, -0.05) is 19.8 Å². The summed E-state index contributed by atoms with van der Waals surface area (Å²) < 4.78 is 0. The van der Waals surface area contributed by atoms with Crippen molar-refractivity contribution in [1.29, 1.82) is 0 Å². The van der Waals surface area contributed by atoms with Gasteiger partial charge >= 0.3 is 0 Å². The highest BCUT2D eigenvalue weighted by atomic mass is 16.3. The Morgan fingerprint density at radius 3 is 2.33 bits per heavy atom. The van der Waals surface area contributed by atoms with Gasteiger partial charge in [-0.15, -0.1) is 0 Å². The Hall–Kier alpha value is -0.0800. The van der Waals surface area contributed by atoms with Gasteiger partial charge in [0.05, 0.1) is 6.10 Å². The largest absolute Gasteiger partial charge is 0.393 e. The average molecular weight is 213 g/mol. The summed E-state index contributed by atoms with van der Waals surface area (Å²) in [6, 6.07) is 0.549. The van der Waals surface area contributed by atoms with Gasteiger partial charge in [-0.2, -0.15) is 0 Å². The Morgan fingerprint density at radius 2 is 1.87 bits per heavy atom. The van der Waals surface area contributed by atoms with Crippen LogP contribution >= 0.6 is 0 Å². The molecule has 2 nitrogen and oxygen atoms in total. The normalized spacial score (nSPS) is 24.0. The monoisotopic (exact) mass is 213 g/mol. The Morgan fingerprint density at radius 1 is 1.27 bits per heavy atom. The lowest BCUT2D eigenvalue weighted by Crippen LogP contribution is -2.41. The van der Waals surface area contributed by atoms with Crippen LogP contribution in [0.3, 0.4) is 0 Å². The second-order valence-electron chi connectivity index (χ2n) is 5.20. The standard InChI is InChI=1S/C13H27NO/c1-4-5-13-6-8-14(9-7-13)11(2)10-12(3)15/h11-13,15H,4-10H2,1-3H3. The molecule has 1 N–H and O–H groups in total. The SMILES string of the molecule is CCCC1CCN(C(C)CC(C)O)CC1. The lowest BCUT2D eigenvalue weighted by molar-refractivity contribution is 0.0909. The van der Waals surface area contributed by atoms with Gasteiger partial charge in [0.25, 0.3) is 0 Å². The van der Waals surface area contributed by atoms with E-state index in [-0.39, 0.29) is 6.10 Å². The molecule has 0 bridgehead atoms. The molecule has 0 aromatic carbocycles. The fourth-order valence-corrected chi connectivity index (χ4v) is 2.73.